The lowest BCUT2D eigenvalue weighted by Crippen LogP contribution is -2.65. The Labute approximate surface area is 503 Å². The summed E-state index contributed by atoms with van der Waals surface area (Å²) in [6, 6.07) is -0.918. The minimum Gasteiger partial charge on any atom is -0.394 e. The van der Waals surface area contributed by atoms with Crippen LogP contribution in [0.2, 0.25) is 0 Å². The van der Waals surface area contributed by atoms with E-state index in [2.05, 4.69) is 104 Å². The van der Waals surface area contributed by atoms with Crippen molar-refractivity contribution in [3.63, 3.8) is 0 Å². The van der Waals surface area contributed by atoms with Crippen molar-refractivity contribution in [1.82, 2.24) is 5.32 Å². The second kappa shape index (κ2) is 53.2. The Morgan fingerprint density at radius 3 is 1.28 bits per heavy atom. The maximum Gasteiger partial charge on any atom is 0.220 e. The Hall–Kier alpha value is -3.09. The molecule has 9 N–H and O–H groups in total. The third-order valence-corrected chi connectivity index (χ3v) is 15.5. The van der Waals surface area contributed by atoms with Crippen molar-refractivity contribution in [2.24, 2.45) is 0 Å². The molecule has 14 nitrogen and oxygen atoms in total. The van der Waals surface area contributed by atoms with Crippen LogP contribution in [0.3, 0.4) is 0 Å². The van der Waals surface area contributed by atoms with E-state index in [1.54, 1.807) is 6.08 Å². The second-order valence-electron chi connectivity index (χ2n) is 22.9. The van der Waals surface area contributed by atoms with Crippen molar-refractivity contribution in [3.8, 4) is 0 Å². The van der Waals surface area contributed by atoms with E-state index in [4.69, 9.17) is 18.9 Å². The normalized spacial score (nSPS) is 24.5. The van der Waals surface area contributed by atoms with Crippen LogP contribution in [0.25, 0.3) is 0 Å². The molecule has 2 heterocycles. The lowest BCUT2D eigenvalue weighted by atomic mass is 9.97. The Morgan fingerprint density at radius 2 is 0.831 bits per heavy atom. The van der Waals surface area contributed by atoms with Gasteiger partial charge in [0.25, 0.3) is 0 Å². The molecule has 0 aromatic rings. The van der Waals surface area contributed by atoms with E-state index in [0.717, 1.165) is 83.5 Å². The Kier molecular flexibility index (Phi) is 48.7. The van der Waals surface area contributed by atoms with Gasteiger partial charge in [-0.2, -0.15) is 0 Å². The lowest BCUT2D eigenvalue weighted by molar-refractivity contribution is -0.359. The van der Waals surface area contributed by atoms with Crippen molar-refractivity contribution >= 4 is 5.91 Å². The number of amides is 1. The van der Waals surface area contributed by atoms with E-state index >= 15 is 0 Å². The lowest BCUT2D eigenvalue weighted by Gasteiger charge is -2.46. The smallest absolute Gasteiger partial charge is 0.220 e. The molecular weight excluding hydrogens is 1050 g/mol. The molecule has 0 aromatic carbocycles. The summed E-state index contributed by atoms with van der Waals surface area (Å²) < 4.78 is 22.8. The molecule has 12 atom stereocenters. The van der Waals surface area contributed by atoms with Gasteiger partial charge in [0.15, 0.2) is 12.6 Å². The number of allylic oxidation sites excluding steroid dienone is 15. The Balaban J connectivity index is 1.60. The van der Waals surface area contributed by atoms with Crippen LogP contribution in [-0.4, -0.2) is 140 Å². The van der Waals surface area contributed by atoms with Crippen molar-refractivity contribution in [1.29, 1.82) is 0 Å². The molecule has 14 heteroatoms. The van der Waals surface area contributed by atoms with Crippen LogP contribution in [0.5, 0.6) is 0 Å². The molecule has 2 saturated heterocycles. The number of rotatable bonds is 52. The van der Waals surface area contributed by atoms with Crippen molar-refractivity contribution < 1.29 is 64.6 Å². The number of carbonyl (C=O) groups excluding carboxylic acids is 1. The van der Waals surface area contributed by atoms with Crippen LogP contribution in [-0.2, 0) is 23.7 Å². The third kappa shape index (κ3) is 37.9. The zero-order valence-electron chi connectivity index (χ0n) is 51.7. The fourth-order valence-corrected chi connectivity index (χ4v) is 10.3. The Bertz CT molecular complexity index is 1760. The fraction of sp³-hybridized carbons (Fsp3) is 0.754. The van der Waals surface area contributed by atoms with Gasteiger partial charge in [-0.25, -0.2) is 0 Å². The van der Waals surface area contributed by atoms with Crippen molar-refractivity contribution in [3.05, 3.63) is 97.2 Å². The molecule has 2 aliphatic rings. The summed E-state index contributed by atoms with van der Waals surface area (Å²) in [6.45, 7) is 2.67. The predicted molar refractivity (Wildman–Crippen MR) is 336 cm³/mol. The van der Waals surface area contributed by atoms with Gasteiger partial charge in [-0.05, 0) is 77.0 Å². The molecule has 0 radical (unpaired) electrons. The molecule has 0 aliphatic carbocycles. The molecule has 0 aromatic heterocycles. The van der Waals surface area contributed by atoms with Crippen LogP contribution in [0, 0.1) is 0 Å². The minimum absolute atomic E-state index is 0.243. The maximum atomic E-state index is 13.3. The van der Waals surface area contributed by atoms with E-state index in [9.17, 15) is 45.6 Å². The largest absolute Gasteiger partial charge is 0.394 e. The molecule has 2 aliphatic heterocycles. The number of carbonyl (C=O) groups is 1. The standard InChI is InChI=1S/C69H119NO13/c1-3-5-7-9-11-13-15-17-18-19-20-21-22-23-24-25-26-27-28-29-30-31-32-33-34-35-36-37-38-39-40-41-43-45-47-49-51-53-61(74)70-57(58(73)52-50-48-46-44-42-16-14-12-10-8-6-4-2)56-80-68-66(79)64(77)67(60(55-72)82-68)83-69-65(78)63(76)62(75)59(54-71)81-69/h5,7,11,13,17-18,20-21,23-24,26-27,29-30,50,52,57-60,62-69,71-73,75-79H,3-4,6,8-10,12,14-16,19,22,25,28,31-49,51,53-56H2,1-2H3,(H,70,74)/b7-5-,13-11-,18-17-,21-20-,24-23-,27-26-,30-29-,52-50+. The second-order valence-corrected chi connectivity index (χ2v) is 22.9. The van der Waals surface area contributed by atoms with Gasteiger partial charge in [0, 0.05) is 6.42 Å². The molecule has 0 bridgehead atoms. The molecule has 12 unspecified atom stereocenters. The molecule has 0 spiro atoms. The molecule has 1 amide bonds. The average Bonchev–Trinajstić information content (AvgIpc) is 3.58. The number of aliphatic hydroxyl groups excluding tert-OH is 8. The first-order chi connectivity index (χ1) is 40.6. The summed E-state index contributed by atoms with van der Waals surface area (Å²) in [5, 5.41) is 87.1. The van der Waals surface area contributed by atoms with Gasteiger partial charge in [-0.3, -0.25) is 4.79 Å². The van der Waals surface area contributed by atoms with Crippen LogP contribution in [0.4, 0.5) is 0 Å². The van der Waals surface area contributed by atoms with E-state index in [1.165, 1.54) is 128 Å². The van der Waals surface area contributed by atoms with Crippen molar-refractivity contribution in [2.75, 3.05) is 19.8 Å². The molecule has 478 valence electrons. The highest BCUT2D eigenvalue weighted by Gasteiger charge is 2.51. The number of ether oxygens (including phenoxy) is 4. The summed E-state index contributed by atoms with van der Waals surface area (Å²) in [7, 11) is 0. The first kappa shape index (κ1) is 76.0. The van der Waals surface area contributed by atoms with Crippen molar-refractivity contribution in [2.45, 2.75) is 312 Å². The quantitative estimate of drug-likeness (QED) is 0.0204. The number of aliphatic hydroxyl groups is 8. The highest BCUT2D eigenvalue weighted by Crippen LogP contribution is 2.30. The van der Waals surface area contributed by atoms with E-state index in [1.807, 2.05) is 6.08 Å². The highest BCUT2D eigenvalue weighted by molar-refractivity contribution is 5.76. The topological polar surface area (TPSA) is 228 Å². The SMILES string of the molecule is CC/C=C\C/C=C\C/C=C\C/C=C\C/C=C\C/C=C\C/C=C\CCCCCCCCCCCCCCCCCC(=O)NC(COC1OC(CO)C(OC2OC(CO)C(O)C(O)C2O)C(O)C1O)C(O)/C=C/CCCCCCCCCCCC. The summed E-state index contributed by atoms with van der Waals surface area (Å²) in [6.07, 6.45) is 57.5. The highest BCUT2D eigenvalue weighted by atomic mass is 16.7. The van der Waals surface area contributed by atoms with Crippen LogP contribution < -0.4 is 5.32 Å². The fourth-order valence-electron chi connectivity index (χ4n) is 10.3. The zero-order chi connectivity index (χ0) is 60.2. The van der Waals surface area contributed by atoms with Gasteiger partial charge >= 0.3 is 0 Å². The number of nitrogens with one attached hydrogen (secondary N) is 1. The Morgan fingerprint density at radius 1 is 0.446 bits per heavy atom. The van der Waals surface area contributed by atoms with E-state index in [0.29, 0.717) is 6.42 Å². The van der Waals surface area contributed by atoms with Crippen LogP contribution in [0.1, 0.15) is 239 Å². The third-order valence-electron chi connectivity index (χ3n) is 15.5. The summed E-state index contributed by atoms with van der Waals surface area (Å²) in [5.41, 5.74) is 0. The van der Waals surface area contributed by atoms with Gasteiger partial charge < -0.3 is 65.1 Å². The van der Waals surface area contributed by atoms with Gasteiger partial charge in [0.05, 0.1) is 32.0 Å². The molecule has 2 rings (SSSR count). The summed E-state index contributed by atoms with van der Waals surface area (Å²) >= 11 is 0. The number of unbranched alkanes of at least 4 members (excludes halogenated alkanes) is 25. The number of hydrogen-bond donors (Lipinski definition) is 9. The zero-order valence-corrected chi connectivity index (χ0v) is 51.7. The molecule has 83 heavy (non-hydrogen) atoms. The molecular formula is C69H119NO13. The first-order valence-electron chi connectivity index (χ1n) is 33.0. The van der Waals surface area contributed by atoms with E-state index < -0.39 is 86.8 Å². The van der Waals surface area contributed by atoms with Crippen LogP contribution >= 0.6 is 0 Å². The minimum atomic E-state index is -1.79. The van der Waals surface area contributed by atoms with Gasteiger partial charge in [-0.15, -0.1) is 0 Å². The average molecular weight is 1170 g/mol. The summed E-state index contributed by atoms with van der Waals surface area (Å²) in [4.78, 5) is 13.3. The van der Waals surface area contributed by atoms with Gasteiger partial charge in [0.2, 0.25) is 5.91 Å². The maximum absolute atomic E-state index is 13.3. The summed E-state index contributed by atoms with van der Waals surface area (Å²) in [5.74, 6) is -0.243. The first-order valence-corrected chi connectivity index (χ1v) is 33.0. The number of hydrogen-bond acceptors (Lipinski definition) is 13. The molecule has 2 fully saturated rings. The monoisotopic (exact) mass is 1170 g/mol. The molecule has 0 saturated carbocycles. The predicted octanol–water partition coefficient (Wildman–Crippen LogP) is 12.6. The van der Waals surface area contributed by atoms with E-state index in [-0.39, 0.29) is 18.9 Å². The van der Waals surface area contributed by atoms with Crippen LogP contribution in [0.15, 0.2) is 97.2 Å². The van der Waals surface area contributed by atoms with Gasteiger partial charge in [-0.1, -0.05) is 252 Å². The van der Waals surface area contributed by atoms with Gasteiger partial charge in [0.1, 0.15) is 48.8 Å².